The minimum absolute atomic E-state index is 0.176. The van der Waals surface area contributed by atoms with Crippen molar-refractivity contribution in [2.75, 3.05) is 0 Å². The highest BCUT2D eigenvalue weighted by Crippen LogP contribution is 2.28. The van der Waals surface area contributed by atoms with Gasteiger partial charge in [-0.1, -0.05) is 6.92 Å². The first-order valence-electron chi connectivity index (χ1n) is 3.21. The van der Waals surface area contributed by atoms with Gasteiger partial charge in [-0.25, -0.2) is 4.79 Å². The Morgan fingerprint density at radius 1 is 1.70 bits per heavy atom. The van der Waals surface area contributed by atoms with Crippen molar-refractivity contribution >= 4 is 21.9 Å². The maximum absolute atomic E-state index is 10.8. The number of carbonyl (C=O) groups excluding carboxylic acids is 1. The fourth-order valence-corrected chi connectivity index (χ4v) is 1.82. The average Bonchev–Trinajstić information content (AvgIpc) is 2.09. The zero-order valence-electron chi connectivity index (χ0n) is 5.98. The normalized spacial score (nSPS) is 25.5. The lowest BCUT2D eigenvalue weighted by atomic mass is 10.1. The van der Waals surface area contributed by atoms with E-state index in [0.29, 0.717) is 0 Å². The molecule has 1 rings (SSSR count). The molecule has 1 heterocycles. The zero-order chi connectivity index (χ0) is 7.72. The number of rotatable bonds is 1. The van der Waals surface area contributed by atoms with E-state index in [9.17, 15) is 4.79 Å². The summed E-state index contributed by atoms with van der Waals surface area (Å²) in [5.41, 5.74) is 1.81. The SMILES string of the molecule is CCC1=C(C)C(=O)OC1Br. The Labute approximate surface area is 68.4 Å². The summed E-state index contributed by atoms with van der Waals surface area (Å²) in [6.07, 6.45) is 0.869. The molecule has 0 saturated heterocycles. The minimum Gasteiger partial charge on any atom is -0.443 e. The van der Waals surface area contributed by atoms with Gasteiger partial charge in [0.1, 0.15) is 0 Å². The van der Waals surface area contributed by atoms with Gasteiger partial charge in [0.2, 0.25) is 0 Å². The molecule has 1 atom stereocenters. The fraction of sp³-hybridized carbons (Fsp3) is 0.571. The molecule has 0 spiro atoms. The summed E-state index contributed by atoms with van der Waals surface area (Å²) in [5, 5.41) is -0.176. The van der Waals surface area contributed by atoms with E-state index in [4.69, 9.17) is 4.74 Å². The molecule has 1 aliphatic rings. The number of alkyl halides is 1. The molecule has 0 fully saturated rings. The predicted octanol–water partition coefficient (Wildman–Crippen LogP) is 1.99. The molecule has 10 heavy (non-hydrogen) atoms. The Hall–Kier alpha value is -0.310. The molecule has 0 N–H and O–H groups in total. The third-order valence-electron chi connectivity index (χ3n) is 1.65. The van der Waals surface area contributed by atoms with Crippen LogP contribution in [0.4, 0.5) is 0 Å². The van der Waals surface area contributed by atoms with E-state index in [1.54, 1.807) is 6.92 Å². The quantitative estimate of drug-likeness (QED) is 0.483. The molecule has 56 valence electrons. The van der Waals surface area contributed by atoms with Gasteiger partial charge in [0.15, 0.2) is 5.01 Å². The number of cyclic esters (lactones) is 1. The van der Waals surface area contributed by atoms with E-state index < -0.39 is 0 Å². The van der Waals surface area contributed by atoms with E-state index >= 15 is 0 Å². The summed E-state index contributed by atoms with van der Waals surface area (Å²) in [5.74, 6) is -0.196. The molecule has 0 aromatic rings. The number of hydrogen-bond donors (Lipinski definition) is 0. The van der Waals surface area contributed by atoms with Crippen LogP contribution in [0.5, 0.6) is 0 Å². The van der Waals surface area contributed by atoms with Crippen molar-refractivity contribution in [2.45, 2.75) is 25.3 Å². The second-order valence-corrected chi connectivity index (χ2v) is 3.06. The first-order valence-corrected chi connectivity index (χ1v) is 4.13. The van der Waals surface area contributed by atoms with Crippen LogP contribution in [0, 0.1) is 0 Å². The Kier molecular flexibility index (Phi) is 2.14. The highest BCUT2D eigenvalue weighted by Gasteiger charge is 2.27. The maximum Gasteiger partial charge on any atom is 0.335 e. The first-order chi connectivity index (χ1) is 4.66. The Morgan fingerprint density at radius 3 is 2.50 bits per heavy atom. The van der Waals surface area contributed by atoms with E-state index in [1.807, 2.05) is 6.92 Å². The van der Waals surface area contributed by atoms with Gasteiger partial charge >= 0.3 is 5.97 Å². The van der Waals surface area contributed by atoms with Crippen molar-refractivity contribution in [3.05, 3.63) is 11.1 Å². The van der Waals surface area contributed by atoms with E-state index in [0.717, 1.165) is 17.6 Å². The molecule has 0 amide bonds. The van der Waals surface area contributed by atoms with Crippen LogP contribution in [-0.4, -0.2) is 11.0 Å². The molecular weight excluding hydrogens is 196 g/mol. The highest BCUT2D eigenvalue weighted by molar-refractivity contribution is 9.09. The third kappa shape index (κ3) is 1.10. The summed E-state index contributed by atoms with van der Waals surface area (Å²) < 4.78 is 4.88. The largest absolute Gasteiger partial charge is 0.443 e. The van der Waals surface area contributed by atoms with E-state index in [-0.39, 0.29) is 11.0 Å². The van der Waals surface area contributed by atoms with Gasteiger partial charge in [-0.05, 0) is 34.8 Å². The van der Waals surface area contributed by atoms with Crippen LogP contribution < -0.4 is 0 Å². The van der Waals surface area contributed by atoms with E-state index in [2.05, 4.69) is 15.9 Å². The Balaban J connectivity index is 2.90. The molecule has 0 aromatic heterocycles. The molecular formula is C7H9BrO2. The molecule has 0 radical (unpaired) electrons. The summed E-state index contributed by atoms with van der Waals surface area (Å²) >= 11 is 3.24. The number of halogens is 1. The van der Waals surface area contributed by atoms with Crippen molar-refractivity contribution in [1.82, 2.24) is 0 Å². The van der Waals surface area contributed by atoms with Crippen molar-refractivity contribution < 1.29 is 9.53 Å². The van der Waals surface area contributed by atoms with Gasteiger partial charge in [-0.2, -0.15) is 0 Å². The van der Waals surface area contributed by atoms with Gasteiger partial charge in [0.05, 0.1) is 0 Å². The average molecular weight is 205 g/mol. The number of carbonyl (C=O) groups is 1. The molecule has 0 saturated carbocycles. The Morgan fingerprint density at radius 2 is 2.30 bits per heavy atom. The van der Waals surface area contributed by atoms with Gasteiger partial charge in [0.25, 0.3) is 0 Å². The van der Waals surface area contributed by atoms with Crippen molar-refractivity contribution in [3.63, 3.8) is 0 Å². The second-order valence-electron chi connectivity index (χ2n) is 2.23. The van der Waals surface area contributed by atoms with Crippen LogP contribution in [0.2, 0.25) is 0 Å². The maximum atomic E-state index is 10.8. The van der Waals surface area contributed by atoms with Gasteiger partial charge in [0, 0.05) is 5.57 Å². The second kappa shape index (κ2) is 2.74. The third-order valence-corrected chi connectivity index (χ3v) is 2.39. The topological polar surface area (TPSA) is 26.3 Å². The number of esters is 1. The summed E-state index contributed by atoms with van der Waals surface area (Å²) in [4.78, 5) is 10.8. The lowest BCUT2D eigenvalue weighted by Crippen LogP contribution is -2.01. The molecule has 2 nitrogen and oxygen atoms in total. The molecule has 3 heteroatoms. The van der Waals surface area contributed by atoms with Crippen LogP contribution in [0.3, 0.4) is 0 Å². The Bertz CT molecular complexity index is 196. The van der Waals surface area contributed by atoms with Crippen LogP contribution in [0.15, 0.2) is 11.1 Å². The van der Waals surface area contributed by atoms with Crippen LogP contribution in [0.1, 0.15) is 20.3 Å². The predicted molar refractivity (Wildman–Crippen MR) is 41.8 cm³/mol. The van der Waals surface area contributed by atoms with Gasteiger partial charge in [-0.3, -0.25) is 0 Å². The summed E-state index contributed by atoms with van der Waals surface area (Å²) in [7, 11) is 0. The molecule has 0 aliphatic carbocycles. The standard InChI is InChI=1S/C7H9BrO2/c1-3-5-4(2)7(9)10-6(5)8/h6H,3H2,1-2H3. The molecule has 0 bridgehead atoms. The fourth-order valence-electron chi connectivity index (χ4n) is 0.980. The van der Waals surface area contributed by atoms with Gasteiger partial charge in [-0.15, -0.1) is 0 Å². The smallest absolute Gasteiger partial charge is 0.335 e. The summed E-state index contributed by atoms with van der Waals surface area (Å²) in [6.45, 7) is 3.80. The van der Waals surface area contributed by atoms with Crippen molar-refractivity contribution in [2.24, 2.45) is 0 Å². The summed E-state index contributed by atoms with van der Waals surface area (Å²) in [6, 6.07) is 0. The first kappa shape index (κ1) is 7.79. The van der Waals surface area contributed by atoms with Crippen LogP contribution in [-0.2, 0) is 9.53 Å². The minimum atomic E-state index is -0.196. The zero-order valence-corrected chi connectivity index (χ0v) is 7.56. The van der Waals surface area contributed by atoms with Crippen molar-refractivity contribution in [3.8, 4) is 0 Å². The highest BCUT2D eigenvalue weighted by atomic mass is 79.9. The lowest BCUT2D eigenvalue weighted by molar-refractivity contribution is -0.136. The van der Waals surface area contributed by atoms with Crippen LogP contribution in [0.25, 0.3) is 0 Å². The molecule has 1 aliphatic heterocycles. The lowest BCUT2D eigenvalue weighted by Gasteiger charge is -2.01. The van der Waals surface area contributed by atoms with Crippen molar-refractivity contribution in [1.29, 1.82) is 0 Å². The van der Waals surface area contributed by atoms with Crippen LogP contribution >= 0.6 is 15.9 Å². The van der Waals surface area contributed by atoms with Gasteiger partial charge < -0.3 is 4.74 Å². The van der Waals surface area contributed by atoms with E-state index in [1.165, 1.54) is 0 Å². The molecule has 1 unspecified atom stereocenters. The number of ether oxygens (including phenoxy) is 1. The monoisotopic (exact) mass is 204 g/mol. The number of hydrogen-bond acceptors (Lipinski definition) is 2. The molecule has 0 aromatic carbocycles.